The minimum absolute atomic E-state index is 0.00339. The van der Waals surface area contributed by atoms with Crippen LogP contribution in [0, 0.1) is 25.5 Å². The number of nitrogens with zero attached hydrogens (tertiary/aromatic N) is 2. The molecule has 0 amide bonds. The first kappa shape index (κ1) is 15.4. The molecule has 0 radical (unpaired) electrons. The van der Waals surface area contributed by atoms with E-state index in [0.29, 0.717) is 18.4 Å². The standard InChI is InChI=1S/C16H18F2N2O/c1-10-14(11(2)20(3)19-10)6-5-13(21)8-12-4-7-15(17)16(18)9-12/h4,7,9H,5-6,8H2,1-3H3. The number of carbonyl (C=O) groups excluding carboxylic acids is 1. The smallest absolute Gasteiger partial charge is 0.159 e. The fourth-order valence-corrected chi connectivity index (χ4v) is 2.41. The van der Waals surface area contributed by atoms with Crippen molar-refractivity contribution in [3.8, 4) is 0 Å². The van der Waals surface area contributed by atoms with Crippen LogP contribution in [0.3, 0.4) is 0 Å². The highest BCUT2D eigenvalue weighted by atomic mass is 19.2. The normalized spacial score (nSPS) is 10.9. The number of aryl methyl sites for hydroxylation is 2. The molecule has 0 aliphatic rings. The third-order valence-electron chi connectivity index (χ3n) is 3.70. The van der Waals surface area contributed by atoms with Crippen molar-refractivity contribution >= 4 is 5.78 Å². The summed E-state index contributed by atoms with van der Waals surface area (Å²) >= 11 is 0. The van der Waals surface area contributed by atoms with Gasteiger partial charge < -0.3 is 0 Å². The van der Waals surface area contributed by atoms with Crippen molar-refractivity contribution in [2.24, 2.45) is 7.05 Å². The first-order valence-corrected chi connectivity index (χ1v) is 6.83. The Bertz CT molecular complexity index is 677. The lowest BCUT2D eigenvalue weighted by Crippen LogP contribution is -2.06. The topological polar surface area (TPSA) is 34.9 Å². The molecule has 0 fully saturated rings. The zero-order valence-electron chi connectivity index (χ0n) is 12.4. The minimum Gasteiger partial charge on any atom is -0.299 e. The molecule has 0 saturated carbocycles. The summed E-state index contributed by atoms with van der Waals surface area (Å²) in [5.41, 5.74) is 3.55. The highest BCUT2D eigenvalue weighted by molar-refractivity contribution is 5.81. The van der Waals surface area contributed by atoms with Crippen LogP contribution in [0.25, 0.3) is 0 Å². The van der Waals surface area contributed by atoms with Crippen molar-refractivity contribution in [1.82, 2.24) is 9.78 Å². The first-order chi connectivity index (χ1) is 9.88. The Balaban J connectivity index is 1.97. The lowest BCUT2D eigenvalue weighted by atomic mass is 10.0. The van der Waals surface area contributed by atoms with Crippen molar-refractivity contribution in [3.05, 3.63) is 52.3 Å². The third kappa shape index (κ3) is 3.54. The average Bonchev–Trinajstić information content (AvgIpc) is 2.66. The molecule has 0 N–H and O–H groups in total. The molecule has 0 spiro atoms. The van der Waals surface area contributed by atoms with E-state index < -0.39 is 11.6 Å². The number of benzene rings is 1. The minimum atomic E-state index is -0.917. The number of hydrogen-bond acceptors (Lipinski definition) is 2. The average molecular weight is 292 g/mol. The second-order valence-electron chi connectivity index (χ2n) is 5.24. The maximum absolute atomic E-state index is 13.1. The Hall–Kier alpha value is -2.04. The van der Waals surface area contributed by atoms with Gasteiger partial charge in [0, 0.05) is 25.6 Å². The molecule has 0 bridgehead atoms. The van der Waals surface area contributed by atoms with Crippen molar-refractivity contribution in [2.45, 2.75) is 33.1 Å². The fraction of sp³-hybridized carbons (Fsp3) is 0.375. The number of hydrogen-bond donors (Lipinski definition) is 0. The van der Waals surface area contributed by atoms with E-state index in [-0.39, 0.29) is 12.2 Å². The van der Waals surface area contributed by atoms with Gasteiger partial charge in [0.25, 0.3) is 0 Å². The molecule has 5 heteroatoms. The third-order valence-corrected chi connectivity index (χ3v) is 3.70. The molecule has 21 heavy (non-hydrogen) atoms. The van der Waals surface area contributed by atoms with Gasteiger partial charge in [-0.3, -0.25) is 9.48 Å². The first-order valence-electron chi connectivity index (χ1n) is 6.83. The Morgan fingerprint density at radius 1 is 1.24 bits per heavy atom. The second-order valence-corrected chi connectivity index (χ2v) is 5.24. The summed E-state index contributed by atoms with van der Waals surface area (Å²) in [7, 11) is 1.87. The van der Waals surface area contributed by atoms with E-state index in [4.69, 9.17) is 0 Å². The van der Waals surface area contributed by atoms with Gasteiger partial charge in [0.05, 0.1) is 5.69 Å². The van der Waals surface area contributed by atoms with Crippen LogP contribution < -0.4 is 0 Å². The summed E-state index contributed by atoms with van der Waals surface area (Å²) in [5.74, 6) is -1.81. The summed E-state index contributed by atoms with van der Waals surface area (Å²) in [5, 5.41) is 4.31. The summed E-state index contributed by atoms with van der Waals surface area (Å²) in [4.78, 5) is 12.0. The number of halogens is 2. The molecule has 3 nitrogen and oxygen atoms in total. The van der Waals surface area contributed by atoms with E-state index in [0.717, 1.165) is 29.1 Å². The molecule has 1 aromatic carbocycles. The van der Waals surface area contributed by atoms with Gasteiger partial charge in [-0.05, 0) is 43.5 Å². The number of aromatic nitrogens is 2. The number of ketones is 1. The SMILES string of the molecule is Cc1nn(C)c(C)c1CCC(=O)Cc1ccc(F)c(F)c1. The van der Waals surface area contributed by atoms with Gasteiger partial charge in [-0.25, -0.2) is 8.78 Å². The van der Waals surface area contributed by atoms with Crippen LogP contribution >= 0.6 is 0 Å². The Morgan fingerprint density at radius 2 is 1.95 bits per heavy atom. The zero-order valence-corrected chi connectivity index (χ0v) is 12.4. The molecular weight excluding hydrogens is 274 g/mol. The van der Waals surface area contributed by atoms with E-state index in [1.165, 1.54) is 6.07 Å². The molecule has 2 aromatic rings. The predicted molar refractivity (Wildman–Crippen MR) is 76.1 cm³/mol. The quantitative estimate of drug-likeness (QED) is 0.849. The van der Waals surface area contributed by atoms with E-state index in [1.807, 2.05) is 20.9 Å². The van der Waals surface area contributed by atoms with E-state index >= 15 is 0 Å². The monoisotopic (exact) mass is 292 g/mol. The van der Waals surface area contributed by atoms with Crippen LogP contribution in [-0.4, -0.2) is 15.6 Å². The molecule has 0 unspecified atom stereocenters. The number of Topliss-reactive ketones (excluding diaryl/α,β-unsaturated/α-hetero) is 1. The molecule has 112 valence electrons. The Labute approximate surface area is 122 Å². The van der Waals surface area contributed by atoms with Gasteiger partial charge >= 0.3 is 0 Å². The van der Waals surface area contributed by atoms with Gasteiger partial charge in [0.1, 0.15) is 5.78 Å². The molecule has 1 aromatic heterocycles. The molecule has 0 aliphatic heterocycles. The maximum Gasteiger partial charge on any atom is 0.159 e. The lowest BCUT2D eigenvalue weighted by molar-refractivity contribution is -0.118. The fourth-order valence-electron chi connectivity index (χ4n) is 2.41. The van der Waals surface area contributed by atoms with Crippen molar-refractivity contribution < 1.29 is 13.6 Å². The summed E-state index contributed by atoms with van der Waals surface area (Å²) < 4.78 is 27.7. The molecule has 1 heterocycles. The van der Waals surface area contributed by atoms with Crippen LogP contribution in [0.1, 0.15) is 28.9 Å². The lowest BCUT2D eigenvalue weighted by Gasteiger charge is -2.04. The number of carbonyl (C=O) groups is 1. The van der Waals surface area contributed by atoms with Crippen molar-refractivity contribution in [3.63, 3.8) is 0 Å². The Kier molecular flexibility index (Phi) is 4.50. The second kappa shape index (κ2) is 6.16. The summed E-state index contributed by atoms with van der Waals surface area (Å²) in [6, 6.07) is 3.57. The van der Waals surface area contributed by atoms with E-state index in [1.54, 1.807) is 4.68 Å². The van der Waals surface area contributed by atoms with Gasteiger partial charge in [-0.1, -0.05) is 6.07 Å². The highest BCUT2D eigenvalue weighted by Gasteiger charge is 2.12. The largest absolute Gasteiger partial charge is 0.299 e. The van der Waals surface area contributed by atoms with Crippen LogP contribution in [0.4, 0.5) is 8.78 Å². The predicted octanol–water partition coefficient (Wildman–Crippen LogP) is 3.06. The summed E-state index contributed by atoms with van der Waals surface area (Å²) in [6.45, 7) is 3.89. The Morgan fingerprint density at radius 3 is 2.52 bits per heavy atom. The molecule has 0 aliphatic carbocycles. The van der Waals surface area contributed by atoms with Gasteiger partial charge in [-0.2, -0.15) is 5.10 Å². The van der Waals surface area contributed by atoms with Crippen molar-refractivity contribution in [1.29, 1.82) is 0 Å². The molecule has 2 rings (SSSR count). The van der Waals surface area contributed by atoms with Gasteiger partial charge in [0.15, 0.2) is 11.6 Å². The highest BCUT2D eigenvalue weighted by Crippen LogP contribution is 2.15. The van der Waals surface area contributed by atoms with E-state index in [2.05, 4.69) is 5.10 Å². The van der Waals surface area contributed by atoms with Gasteiger partial charge in [0.2, 0.25) is 0 Å². The van der Waals surface area contributed by atoms with Crippen LogP contribution in [0.15, 0.2) is 18.2 Å². The van der Waals surface area contributed by atoms with Crippen LogP contribution in [0.2, 0.25) is 0 Å². The van der Waals surface area contributed by atoms with Gasteiger partial charge in [-0.15, -0.1) is 0 Å². The molecule has 0 saturated heterocycles. The van der Waals surface area contributed by atoms with Crippen LogP contribution in [0.5, 0.6) is 0 Å². The molecule has 0 atom stereocenters. The van der Waals surface area contributed by atoms with Crippen LogP contribution in [-0.2, 0) is 24.7 Å². The number of rotatable bonds is 5. The summed E-state index contributed by atoms with van der Waals surface area (Å²) in [6.07, 6.45) is 1.11. The zero-order chi connectivity index (χ0) is 15.6. The maximum atomic E-state index is 13.1. The van der Waals surface area contributed by atoms with Crippen molar-refractivity contribution in [2.75, 3.05) is 0 Å². The molecular formula is C16H18F2N2O. The van der Waals surface area contributed by atoms with E-state index in [9.17, 15) is 13.6 Å².